The lowest BCUT2D eigenvalue weighted by molar-refractivity contribution is -0.122. The highest BCUT2D eigenvalue weighted by Gasteiger charge is 2.36. The van der Waals surface area contributed by atoms with Crippen LogP contribution in [0.5, 0.6) is 5.75 Å². The highest BCUT2D eigenvalue weighted by atomic mass is 127. The molecule has 4 rings (SSSR count). The van der Waals surface area contributed by atoms with Gasteiger partial charge in [-0.1, -0.05) is 34.1 Å². The second kappa shape index (κ2) is 9.84. The largest absolute Gasteiger partial charge is 0.488 e. The first-order chi connectivity index (χ1) is 15.8. The third kappa shape index (κ3) is 5.31. The van der Waals surface area contributed by atoms with E-state index in [2.05, 4.69) is 43.8 Å². The summed E-state index contributed by atoms with van der Waals surface area (Å²) in [5, 5.41) is 2.15. The molecule has 0 aromatic heterocycles. The standard InChI is InChI=1S/C24H15BrFIN2O4/c25-16-4-1-14(2-5-16)13-33-21-10-3-15(12-20(21)27)11-19-22(30)28-24(32)29(23(19)31)18-8-6-17(26)7-9-18/h1-12H,13H2,(H,28,30,32)/b19-11+. The third-order valence-electron chi connectivity index (χ3n) is 4.76. The Morgan fingerprint density at radius 2 is 1.70 bits per heavy atom. The van der Waals surface area contributed by atoms with Gasteiger partial charge in [-0.15, -0.1) is 0 Å². The lowest BCUT2D eigenvalue weighted by Gasteiger charge is -2.26. The van der Waals surface area contributed by atoms with Crippen LogP contribution in [0.4, 0.5) is 14.9 Å². The number of hydrogen-bond donors (Lipinski definition) is 1. The zero-order valence-electron chi connectivity index (χ0n) is 16.8. The first-order valence-electron chi connectivity index (χ1n) is 9.65. The lowest BCUT2D eigenvalue weighted by atomic mass is 10.1. The zero-order chi connectivity index (χ0) is 23.5. The topological polar surface area (TPSA) is 75.7 Å². The average molecular weight is 621 g/mol. The van der Waals surface area contributed by atoms with Gasteiger partial charge in [0.2, 0.25) is 0 Å². The fourth-order valence-corrected chi connectivity index (χ4v) is 4.07. The van der Waals surface area contributed by atoms with E-state index < -0.39 is 23.7 Å². The highest BCUT2D eigenvalue weighted by Crippen LogP contribution is 2.26. The average Bonchev–Trinajstić information content (AvgIpc) is 2.78. The highest BCUT2D eigenvalue weighted by molar-refractivity contribution is 14.1. The van der Waals surface area contributed by atoms with E-state index in [-0.39, 0.29) is 11.3 Å². The minimum Gasteiger partial charge on any atom is -0.488 e. The molecule has 1 saturated heterocycles. The van der Waals surface area contributed by atoms with Crippen LogP contribution in [-0.2, 0) is 16.2 Å². The molecule has 3 aromatic rings. The number of nitrogens with zero attached hydrogens (tertiary/aromatic N) is 1. The van der Waals surface area contributed by atoms with Crippen molar-refractivity contribution in [1.29, 1.82) is 0 Å². The van der Waals surface area contributed by atoms with E-state index in [0.717, 1.165) is 30.6 Å². The van der Waals surface area contributed by atoms with Crippen LogP contribution >= 0.6 is 38.5 Å². The van der Waals surface area contributed by atoms with Crippen molar-refractivity contribution in [2.75, 3.05) is 4.90 Å². The molecule has 0 bridgehead atoms. The minimum atomic E-state index is -0.889. The molecule has 0 radical (unpaired) electrons. The maximum Gasteiger partial charge on any atom is 0.335 e. The van der Waals surface area contributed by atoms with Crippen LogP contribution in [0.25, 0.3) is 6.08 Å². The number of carbonyl (C=O) groups is 3. The van der Waals surface area contributed by atoms with Gasteiger partial charge in [-0.3, -0.25) is 14.9 Å². The van der Waals surface area contributed by atoms with Crippen molar-refractivity contribution in [2.24, 2.45) is 0 Å². The van der Waals surface area contributed by atoms with E-state index in [9.17, 15) is 18.8 Å². The first kappa shape index (κ1) is 23.1. The van der Waals surface area contributed by atoms with Crippen molar-refractivity contribution >= 4 is 68.1 Å². The second-order valence-corrected chi connectivity index (χ2v) is 9.12. The smallest absolute Gasteiger partial charge is 0.335 e. The number of barbiturate groups is 1. The van der Waals surface area contributed by atoms with Crippen LogP contribution < -0.4 is 15.0 Å². The number of anilines is 1. The molecule has 0 spiro atoms. The van der Waals surface area contributed by atoms with E-state index in [1.807, 2.05) is 24.3 Å². The van der Waals surface area contributed by atoms with Gasteiger partial charge >= 0.3 is 6.03 Å². The third-order valence-corrected chi connectivity index (χ3v) is 6.13. The number of urea groups is 1. The Hall–Kier alpha value is -3.05. The summed E-state index contributed by atoms with van der Waals surface area (Å²) in [5.74, 6) is -1.44. The number of carbonyl (C=O) groups excluding carboxylic acids is 3. The molecule has 1 heterocycles. The Labute approximate surface area is 210 Å². The van der Waals surface area contributed by atoms with Crippen LogP contribution in [0.1, 0.15) is 11.1 Å². The number of imide groups is 2. The summed E-state index contributed by atoms with van der Waals surface area (Å²) in [5.41, 5.74) is 1.54. The quantitative estimate of drug-likeness (QED) is 0.234. The van der Waals surface area contributed by atoms with Gasteiger partial charge in [0.1, 0.15) is 23.7 Å². The number of benzene rings is 3. The fraction of sp³-hybridized carbons (Fsp3) is 0.0417. The monoisotopic (exact) mass is 620 g/mol. The van der Waals surface area contributed by atoms with Crippen molar-refractivity contribution in [3.8, 4) is 5.75 Å². The fourth-order valence-electron chi connectivity index (χ4n) is 3.11. The number of ether oxygens (including phenoxy) is 1. The number of rotatable bonds is 5. The van der Waals surface area contributed by atoms with Crippen LogP contribution in [0.15, 0.2) is 76.8 Å². The van der Waals surface area contributed by atoms with E-state index in [0.29, 0.717) is 17.9 Å². The molecule has 0 aliphatic carbocycles. The molecular formula is C24H15BrFIN2O4. The van der Waals surface area contributed by atoms with Gasteiger partial charge < -0.3 is 4.74 Å². The molecule has 4 amide bonds. The van der Waals surface area contributed by atoms with Crippen LogP contribution in [0.3, 0.4) is 0 Å². The van der Waals surface area contributed by atoms with Crippen LogP contribution in [-0.4, -0.2) is 17.8 Å². The normalized spacial score (nSPS) is 15.1. The zero-order valence-corrected chi connectivity index (χ0v) is 20.6. The van der Waals surface area contributed by atoms with Gasteiger partial charge in [-0.25, -0.2) is 14.1 Å². The van der Waals surface area contributed by atoms with Gasteiger partial charge in [0.15, 0.2) is 0 Å². The van der Waals surface area contributed by atoms with E-state index in [4.69, 9.17) is 4.74 Å². The van der Waals surface area contributed by atoms with E-state index >= 15 is 0 Å². The SMILES string of the molecule is O=C1NC(=O)N(c2ccc(F)cc2)C(=O)/C1=C/c1ccc(OCc2ccc(Br)cc2)c(I)c1. The lowest BCUT2D eigenvalue weighted by Crippen LogP contribution is -2.54. The molecule has 1 N–H and O–H groups in total. The predicted molar refractivity (Wildman–Crippen MR) is 133 cm³/mol. The predicted octanol–water partition coefficient (Wildman–Crippen LogP) is 5.44. The van der Waals surface area contributed by atoms with Gasteiger partial charge in [0.25, 0.3) is 11.8 Å². The molecule has 6 nitrogen and oxygen atoms in total. The Balaban J connectivity index is 1.55. The molecular weight excluding hydrogens is 606 g/mol. The summed E-state index contributed by atoms with van der Waals surface area (Å²) in [7, 11) is 0. The number of amides is 4. The summed E-state index contributed by atoms with van der Waals surface area (Å²) < 4.78 is 20.9. The molecule has 33 heavy (non-hydrogen) atoms. The molecule has 3 aromatic carbocycles. The van der Waals surface area contributed by atoms with Gasteiger partial charge in [0, 0.05) is 4.47 Å². The van der Waals surface area contributed by atoms with Crippen molar-refractivity contribution in [3.63, 3.8) is 0 Å². The Morgan fingerprint density at radius 1 is 1.00 bits per heavy atom. The molecule has 1 fully saturated rings. The number of hydrogen-bond acceptors (Lipinski definition) is 4. The number of halogens is 3. The van der Waals surface area contributed by atoms with Crippen LogP contribution in [0, 0.1) is 9.39 Å². The molecule has 0 atom stereocenters. The minimum absolute atomic E-state index is 0.156. The van der Waals surface area contributed by atoms with Crippen molar-refractivity contribution < 1.29 is 23.5 Å². The first-order valence-corrected chi connectivity index (χ1v) is 11.5. The maximum atomic E-state index is 13.2. The second-order valence-electron chi connectivity index (χ2n) is 7.04. The molecule has 9 heteroatoms. The van der Waals surface area contributed by atoms with Crippen molar-refractivity contribution in [3.05, 3.63) is 97.3 Å². The molecule has 166 valence electrons. The Morgan fingerprint density at radius 3 is 2.36 bits per heavy atom. The molecule has 1 aliphatic heterocycles. The summed E-state index contributed by atoms with van der Waals surface area (Å²) in [6.45, 7) is 0.388. The number of nitrogens with one attached hydrogen (secondary N) is 1. The summed E-state index contributed by atoms with van der Waals surface area (Å²) in [4.78, 5) is 38.3. The maximum absolute atomic E-state index is 13.2. The Kier molecular flexibility index (Phi) is 6.89. The molecule has 0 saturated carbocycles. The van der Waals surface area contributed by atoms with Gasteiger partial charge in [-0.05, 0) is 88.3 Å². The van der Waals surface area contributed by atoms with E-state index in [1.54, 1.807) is 18.2 Å². The van der Waals surface area contributed by atoms with Gasteiger partial charge in [-0.2, -0.15) is 0 Å². The molecule has 0 unspecified atom stereocenters. The van der Waals surface area contributed by atoms with Crippen molar-refractivity contribution in [2.45, 2.75) is 6.61 Å². The van der Waals surface area contributed by atoms with E-state index in [1.165, 1.54) is 18.2 Å². The molecule has 1 aliphatic rings. The summed E-state index contributed by atoms with van der Waals surface area (Å²) in [6.07, 6.45) is 1.40. The van der Waals surface area contributed by atoms with Crippen molar-refractivity contribution in [1.82, 2.24) is 5.32 Å². The summed E-state index contributed by atoms with van der Waals surface area (Å²) >= 11 is 5.51. The van der Waals surface area contributed by atoms with Gasteiger partial charge in [0.05, 0.1) is 9.26 Å². The van der Waals surface area contributed by atoms with Crippen LogP contribution in [0.2, 0.25) is 0 Å². The Bertz CT molecular complexity index is 1280. The summed E-state index contributed by atoms with van der Waals surface area (Å²) in [6, 6.07) is 17.0.